The highest BCUT2D eigenvalue weighted by Gasteiger charge is 2.23. The van der Waals surface area contributed by atoms with Gasteiger partial charge in [-0.15, -0.1) is 11.3 Å². The quantitative estimate of drug-likeness (QED) is 0.751. The van der Waals surface area contributed by atoms with Crippen molar-refractivity contribution in [1.29, 1.82) is 0 Å². The summed E-state index contributed by atoms with van der Waals surface area (Å²) in [4.78, 5) is 13.5. The van der Waals surface area contributed by atoms with E-state index in [0.29, 0.717) is 19.1 Å². The van der Waals surface area contributed by atoms with Gasteiger partial charge in [0.25, 0.3) is 10.0 Å². The lowest BCUT2D eigenvalue weighted by atomic mass is 10.3. The van der Waals surface area contributed by atoms with Gasteiger partial charge in [-0.25, -0.2) is 4.79 Å². The standard InChI is InChI=1S/C11H7ClN2O4S2/c12-7-2-1-6-3-10(19-8(6)4-7)20(17,18)14-5-9(15)13-11(14)16/h1-5,15H,(H,13,16). The number of aromatic nitrogens is 2. The van der Waals surface area contributed by atoms with Crippen LogP contribution in [0.2, 0.25) is 5.02 Å². The molecular weight excluding hydrogens is 324 g/mol. The van der Waals surface area contributed by atoms with Crippen LogP contribution in [0.4, 0.5) is 0 Å². The summed E-state index contributed by atoms with van der Waals surface area (Å²) in [5.41, 5.74) is -0.919. The molecular formula is C11H7ClN2O4S2. The SMILES string of the molecule is O=c1[nH]c(O)cn1S(=O)(=O)c1cc2ccc(Cl)cc2s1. The van der Waals surface area contributed by atoms with Gasteiger partial charge in [-0.1, -0.05) is 17.7 Å². The molecule has 3 rings (SSSR count). The van der Waals surface area contributed by atoms with E-state index in [0.717, 1.165) is 17.5 Å². The predicted octanol–water partition coefficient (Wildman–Crippen LogP) is 1.99. The van der Waals surface area contributed by atoms with E-state index in [-0.39, 0.29) is 4.21 Å². The summed E-state index contributed by atoms with van der Waals surface area (Å²) < 4.78 is 25.8. The predicted molar refractivity (Wildman–Crippen MR) is 76.1 cm³/mol. The fourth-order valence-electron chi connectivity index (χ4n) is 1.75. The molecule has 1 aromatic carbocycles. The van der Waals surface area contributed by atoms with Gasteiger partial charge < -0.3 is 5.11 Å². The Morgan fingerprint density at radius 2 is 2.05 bits per heavy atom. The maximum atomic E-state index is 12.3. The third kappa shape index (κ3) is 2.01. The Morgan fingerprint density at radius 1 is 1.30 bits per heavy atom. The summed E-state index contributed by atoms with van der Waals surface area (Å²) in [5, 5.41) is 10.4. The van der Waals surface area contributed by atoms with Crippen molar-refractivity contribution in [1.82, 2.24) is 8.96 Å². The molecule has 20 heavy (non-hydrogen) atoms. The number of aromatic amines is 1. The Labute approximate surface area is 121 Å². The molecule has 0 aliphatic rings. The maximum absolute atomic E-state index is 12.3. The molecule has 9 heteroatoms. The van der Waals surface area contributed by atoms with Crippen LogP contribution >= 0.6 is 22.9 Å². The number of aromatic hydroxyl groups is 1. The zero-order chi connectivity index (χ0) is 14.5. The van der Waals surface area contributed by atoms with Crippen LogP contribution in [-0.4, -0.2) is 22.5 Å². The van der Waals surface area contributed by atoms with Crippen LogP contribution in [0, 0.1) is 0 Å². The molecule has 6 nitrogen and oxygen atoms in total. The van der Waals surface area contributed by atoms with Gasteiger partial charge in [-0.05, 0) is 23.6 Å². The van der Waals surface area contributed by atoms with Crippen molar-refractivity contribution < 1.29 is 13.5 Å². The van der Waals surface area contributed by atoms with Crippen LogP contribution in [0.15, 0.2) is 39.5 Å². The van der Waals surface area contributed by atoms with Crippen LogP contribution < -0.4 is 5.69 Å². The van der Waals surface area contributed by atoms with Crippen molar-refractivity contribution in [3.63, 3.8) is 0 Å². The van der Waals surface area contributed by atoms with Crippen molar-refractivity contribution in [2.45, 2.75) is 4.21 Å². The molecule has 2 heterocycles. The number of hydrogen-bond donors (Lipinski definition) is 2. The van der Waals surface area contributed by atoms with Gasteiger partial charge >= 0.3 is 5.69 Å². The van der Waals surface area contributed by atoms with Gasteiger partial charge in [0, 0.05) is 9.72 Å². The van der Waals surface area contributed by atoms with Crippen molar-refractivity contribution >= 4 is 43.0 Å². The van der Waals surface area contributed by atoms with Crippen LogP contribution in [0.3, 0.4) is 0 Å². The number of nitrogens with one attached hydrogen (secondary N) is 1. The average molecular weight is 331 g/mol. The molecule has 0 amide bonds. The normalized spacial score (nSPS) is 12.1. The van der Waals surface area contributed by atoms with Gasteiger partial charge in [-0.3, -0.25) is 4.98 Å². The number of benzene rings is 1. The number of nitrogens with zero attached hydrogens (tertiary/aromatic N) is 1. The largest absolute Gasteiger partial charge is 0.493 e. The number of hydrogen-bond acceptors (Lipinski definition) is 5. The molecule has 2 aromatic heterocycles. The zero-order valence-electron chi connectivity index (χ0n) is 9.70. The second-order valence-corrected chi connectivity index (χ2v) is 7.55. The Balaban J connectivity index is 2.23. The summed E-state index contributed by atoms with van der Waals surface area (Å²) in [6.07, 6.45) is 0.828. The number of H-pyrrole nitrogens is 1. The average Bonchev–Trinajstić information content (AvgIpc) is 2.92. The number of imidazole rings is 1. The summed E-state index contributed by atoms with van der Waals surface area (Å²) in [6, 6.07) is 6.46. The number of rotatable bonds is 2. The molecule has 0 atom stereocenters. The molecule has 0 saturated heterocycles. The number of thiophene rings is 1. The van der Waals surface area contributed by atoms with E-state index in [1.54, 1.807) is 18.2 Å². The lowest BCUT2D eigenvalue weighted by molar-refractivity contribution is 0.455. The molecule has 2 N–H and O–H groups in total. The van der Waals surface area contributed by atoms with Crippen molar-refractivity contribution in [3.05, 3.63) is 46.0 Å². The number of halogens is 1. The zero-order valence-corrected chi connectivity index (χ0v) is 12.1. The Bertz CT molecular complexity index is 968. The lowest BCUT2D eigenvalue weighted by Gasteiger charge is -1.99. The second kappa shape index (κ2) is 4.37. The summed E-state index contributed by atoms with van der Waals surface area (Å²) in [5.74, 6) is -0.511. The molecule has 0 aliphatic carbocycles. The Kier molecular flexibility index (Phi) is 2.89. The van der Waals surface area contributed by atoms with Gasteiger partial charge in [0.05, 0.1) is 6.20 Å². The lowest BCUT2D eigenvalue weighted by Crippen LogP contribution is -2.23. The highest BCUT2D eigenvalue weighted by atomic mass is 35.5. The van der Waals surface area contributed by atoms with Gasteiger partial charge in [0.15, 0.2) is 0 Å². The van der Waals surface area contributed by atoms with Crippen molar-refractivity contribution in [3.8, 4) is 5.88 Å². The third-order valence-corrected chi connectivity index (χ3v) is 6.07. The third-order valence-electron chi connectivity index (χ3n) is 2.65. The van der Waals surface area contributed by atoms with E-state index < -0.39 is 21.6 Å². The van der Waals surface area contributed by atoms with Crippen LogP contribution in [-0.2, 0) is 10.0 Å². The first-order valence-electron chi connectivity index (χ1n) is 5.33. The summed E-state index contributed by atoms with van der Waals surface area (Å²) in [7, 11) is -4.04. The van der Waals surface area contributed by atoms with E-state index in [2.05, 4.69) is 0 Å². The molecule has 104 valence electrons. The molecule has 0 unspecified atom stereocenters. The molecule has 0 fully saturated rings. The Morgan fingerprint density at radius 3 is 2.70 bits per heavy atom. The monoisotopic (exact) mass is 330 g/mol. The second-order valence-electron chi connectivity index (χ2n) is 3.99. The molecule has 0 bridgehead atoms. The minimum Gasteiger partial charge on any atom is -0.493 e. The van der Waals surface area contributed by atoms with Crippen molar-refractivity contribution in [2.24, 2.45) is 0 Å². The van der Waals surface area contributed by atoms with E-state index >= 15 is 0 Å². The van der Waals surface area contributed by atoms with Gasteiger partial charge in [-0.2, -0.15) is 12.4 Å². The fourth-order valence-corrected chi connectivity index (χ4v) is 4.72. The topological polar surface area (TPSA) is 92.2 Å². The minimum absolute atomic E-state index is 0.00383. The molecule has 0 saturated carbocycles. The first-order chi connectivity index (χ1) is 9.38. The van der Waals surface area contributed by atoms with Crippen LogP contribution in [0.5, 0.6) is 5.88 Å². The van der Waals surface area contributed by atoms with Crippen molar-refractivity contribution in [2.75, 3.05) is 0 Å². The van der Waals surface area contributed by atoms with Gasteiger partial charge in [0.1, 0.15) is 4.21 Å². The summed E-state index contributed by atoms with van der Waals surface area (Å²) >= 11 is 6.86. The number of fused-ring (bicyclic) bond motifs is 1. The summed E-state index contributed by atoms with van der Waals surface area (Å²) in [6.45, 7) is 0. The fraction of sp³-hybridized carbons (Fsp3) is 0. The van der Waals surface area contributed by atoms with E-state index in [1.807, 2.05) is 4.98 Å². The highest BCUT2D eigenvalue weighted by Crippen LogP contribution is 2.31. The first kappa shape index (κ1) is 13.2. The molecule has 0 radical (unpaired) electrons. The minimum atomic E-state index is -4.04. The van der Waals surface area contributed by atoms with Gasteiger partial charge in [0.2, 0.25) is 5.88 Å². The molecule has 3 aromatic rings. The molecule has 0 spiro atoms. The highest BCUT2D eigenvalue weighted by molar-refractivity contribution is 7.92. The van der Waals surface area contributed by atoms with Crippen LogP contribution in [0.1, 0.15) is 0 Å². The Hall–Kier alpha value is -1.77. The van der Waals surface area contributed by atoms with E-state index in [1.165, 1.54) is 6.07 Å². The smallest absolute Gasteiger partial charge is 0.342 e. The van der Waals surface area contributed by atoms with E-state index in [4.69, 9.17) is 16.7 Å². The van der Waals surface area contributed by atoms with Crippen LogP contribution in [0.25, 0.3) is 10.1 Å². The molecule has 0 aliphatic heterocycles. The first-order valence-corrected chi connectivity index (χ1v) is 7.97. The maximum Gasteiger partial charge on any atom is 0.342 e. The van der Waals surface area contributed by atoms with E-state index in [9.17, 15) is 13.2 Å².